The lowest BCUT2D eigenvalue weighted by molar-refractivity contribution is 0.474. The molecule has 3 rings (SSSR count). The third-order valence-electron chi connectivity index (χ3n) is 4.70. The SMILES string of the molecule is C1CCCC(NCCSc2nnc3n2CCCCC3)CC1. The van der Waals surface area contributed by atoms with Crippen LogP contribution in [0, 0.1) is 0 Å². The molecule has 1 aromatic heterocycles. The molecule has 0 radical (unpaired) electrons. The molecule has 4 nitrogen and oxygen atoms in total. The standard InChI is InChI=1S/C16H28N4S/c1-2-5-9-14(8-4-1)17-11-13-21-16-19-18-15-10-6-3-7-12-20(15)16/h14,17H,1-13H2. The van der Waals surface area contributed by atoms with E-state index in [4.69, 9.17) is 0 Å². The predicted octanol–water partition coefficient (Wildman–Crippen LogP) is 3.41. The van der Waals surface area contributed by atoms with E-state index in [1.54, 1.807) is 0 Å². The van der Waals surface area contributed by atoms with E-state index >= 15 is 0 Å². The molecule has 1 saturated carbocycles. The number of fused-ring (bicyclic) bond motifs is 1. The number of thioether (sulfide) groups is 1. The van der Waals surface area contributed by atoms with Crippen LogP contribution in [0.15, 0.2) is 5.16 Å². The van der Waals surface area contributed by atoms with Crippen LogP contribution in [0.1, 0.15) is 63.6 Å². The summed E-state index contributed by atoms with van der Waals surface area (Å²) in [6.07, 6.45) is 13.4. The number of nitrogens with one attached hydrogen (secondary N) is 1. The van der Waals surface area contributed by atoms with Gasteiger partial charge in [-0.05, 0) is 25.7 Å². The van der Waals surface area contributed by atoms with Gasteiger partial charge in [0.2, 0.25) is 0 Å². The lowest BCUT2D eigenvalue weighted by atomic mass is 10.1. The van der Waals surface area contributed by atoms with Crippen LogP contribution in [0.4, 0.5) is 0 Å². The largest absolute Gasteiger partial charge is 0.313 e. The van der Waals surface area contributed by atoms with Crippen LogP contribution >= 0.6 is 11.8 Å². The number of nitrogens with zero attached hydrogens (tertiary/aromatic N) is 3. The first kappa shape index (κ1) is 15.3. The smallest absolute Gasteiger partial charge is 0.191 e. The van der Waals surface area contributed by atoms with Crippen LogP contribution in [0.25, 0.3) is 0 Å². The molecule has 0 aromatic carbocycles. The van der Waals surface area contributed by atoms with Gasteiger partial charge in [-0.2, -0.15) is 0 Å². The maximum absolute atomic E-state index is 4.39. The molecule has 0 spiro atoms. The van der Waals surface area contributed by atoms with Crippen molar-refractivity contribution in [2.45, 2.75) is 82.0 Å². The Morgan fingerprint density at radius 1 is 1.00 bits per heavy atom. The lowest BCUT2D eigenvalue weighted by Gasteiger charge is -2.15. The van der Waals surface area contributed by atoms with E-state index in [2.05, 4.69) is 20.1 Å². The summed E-state index contributed by atoms with van der Waals surface area (Å²) in [5.41, 5.74) is 0. The number of aryl methyl sites for hydroxylation is 1. The summed E-state index contributed by atoms with van der Waals surface area (Å²) in [6.45, 7) is 2.21. The average molecular weight is 308 g/mol. The van der Waals surface area contributed by atoms with Crippen molar-refractivity contribution in [2.24, 2.45) is 0 Å². The number of aromatic nitrogens is 3. The fourth-order valence-electron chi connectivity index (χ4n) is 3.45. The Morgan fingerprint density at radius 3 is 2.67 bits per heavy atom. The summed E-state index contributed by atoms with van der Waals surface area (Å²) in [7, 11) is 0. The normalized spacial score (nSPS) is 20.8. The van der Waals surface area contributed by atoms with Gasteiger partial charge in [-0.25, -0.2) is 0 Å². The first-order chi connectivity index (χ1) is 10.4. The third-order valence-corrected chi connectivity index (χ3v) is 5.67. The molecule has 1 aromatic rings. The van der Waals surface area contributed by atoms with Gasteiger partial charge in [0.15, 0.2) is 5.16 Å². The minimum atomic E-state index is 0.753. The second kappa shape index (κ2) is 8.18. The van der Waals surface area contributed by atoms with Crippen molar-refractivity contribution in [1.29, 1.82) is 0 Å². The van der Waals surface area contributed by atoms with E-state index in [1.165, 1.54) is 63.6 Å². The first-order valence-electron chi connectivity index (χ1n) is 8.72. The van der Waals surface area contributed by atoms with Gasteiger partial charge in [0, 0.05) is 31.3 Å². The molecule has 1 aliphatic carbocycles. The molecular weight excluding hydrogens is 280 g/mol. The summed E-state index contributed by atoms with van der Waals surface area (Å²) in [6, 6.07) is 0.753. The van der Waals surface area contributed by atoms with Crippen molar-refractivity contribution in [3.63, 3.8) is 0 Å². The van der Waals surface area contributed by atoms with Crippen molar-refractivity contribution in [1.82, 2.24) is 20.1 Å². The van der Waals surface area contributed by atoms with E-state index in [-0.39, 0.29) is 0 Å². The zero-order chi connectivity index (χ0) is 14.3. The van der Waals surface area contributed by atoms with Crippen molar-refractivity contribution in [3.8, 4) is 0 Å². The molecular formula is C16H28N4S. The van der Waals surface area contributed by atoms with Gasteiger partial charge < -0.3 is 9.88 Å². The van der Waals surface area contributed by atoms with Gasteiger partial charge in [0.1, 0.15) is 5.82 Å². The molecule has 0 saturated heterocycles. The Bertz CT molecular complexity index is 424. The van der Waals surface area contributed by atoms with Crippen molar-refractivity contribution >= 4 is 11.8 Å². The van der Waals surface area contributed by atoms with E-state index in [0.717, 1.165) is 36.5 Å². The maximum atomic E-state index is 4.39. The Labute approximate surface area is 132 Å². The second-order valence-electron chi connectivity index (χ2n) is 6.35. The summed E-state index contributed by atoms with van der Waals surface area (Å²) in [5, 5.41) is 13.6. The molecule has 118 valence electrons. The highest BCUT2D eigenvalue weighted by atomic mass is 32.2. The number of rotatable bonds is 5. The Hall–Kier alpha value is -0.550. The van der Waals surface area contributed by atoms with Crippen molar-refractivity contribution in [2.75, 3.05) is 12.3 Å². The molecule has 0 amide bonds. The van der Waals surface area contributed by atoms with Crippen LogP contribution in [0.2, 0.25) is 0 Å². The molecule has 0 bridgehead atoms. The van der Waals surface area contributed by atoms with Crippen LogP contribution < -0.4 is 5.32 Å². The second-order valence-corrected chi connectivity index (χ2v) is 7.41. The molecule has 2 heterocycles. The molecule has 0 unspecified atom stereocenters. The summed E-state index contributed by atoms with van der Waals surface area (Å²) in [5.74, 6) is 2.31. The van der Waals surface area contributed by atoms with E-state index in [0.29, 0.717) is 0 Å². The molecule has 0 atom stereocenters. The molecule has 2 aliphatic rings. The highest BCUT2D eigenvalue weighted by Crippen LogP contribution is 2.22. The molecule has 5 heteroatoms. The minimum absolute atomic E-state index is 0.753. The quantitative estimate of drug-likeness (QED) is 0.514. The fourth-order valence-corrected chi connectivity index (χ4v) is 4.31. The molecule has 21 heavy (non-hydrogen) atoms. The van der Waals surface area contributed by atoms with Gasteiger partial charge in [-0.15, -0.1) is 10.2 Å². The Kier molecular flexibility index (Phi) is 5.98. The van der Waals surface area contributed by atoms with Crippen molar-refractivity contribution < 1.29 is 0 Å². The van der Waals surface area contributed by atoms with Gasteiger partial charge in [-0.1, -0.05) is 43.9 Å². The summed E-state index contributed by atoms with van der Waals surface area (Å²) < 4.78 is 2.35. The number of hydrogen-bond acceptors (Lipinski definition) is 4. The minimum Gasteiger partial charge on any atom is -0.313 e. The average Bonchev–Trinajstić information content (AvgIpc) is 2.72. The van der Waals surface area contributed by atoms with Gasteiger partial charge in [0.05, 0.1) is 0 Å². The maximum Gasteiger partial charge on any atom is 0.191 e. The summed E-state index contributed by atoms with van der Waals surface area (Å²) in [4.78, 5) is 0. The van der Waals surface area contributed by atoms with E-state index < -0.39 is 0 Å². The topological polar surface area (TPSA) is 42.7 Å². The van der Waals surface area contributed by atoms with Crippen LogP contribution in [-0.2, 0) is 13.0 Å². The molecule has 1 aliphatic heterocycles. The fraction of sp³-hybridized carbons (Fsp3) is 0.875. The molecule has 1 N–H and O–H groups in total. The van der Waals surface area contributed by atoms with Crippen molar-refractivity contribution in [3.05, 3.63) is 5.82 Å². The van der Waals surface area contributed by atoms with E-state index in [1.807, 2.05) is 11.8 Å². The zero-order valence-corrected chi connectivity index (χ0v) is 13.8. The van der Waals surface area contributed by atoms with Crippen LogP contribution in [-0.4, -0.2) is 33.1 Å². The monoisotopic (exact) mass is 308 g/mol. The highest BCUT2D eigenvalue weighted by Gasteiger charge is 2.15. The van der Waals surface area contributed by atoms with Gasteiger partial charge in [-0.3, -0.25) is 0 Å². The number of hydrogen-bond donors (Lipinski definition) is 1. The predicted molar refractivity (Wildman–Crippen MR) is 87.8 cm³/mol. The Balaban J connectivity index is 1.42. The third kappa shape index (κ3) is 4.46. The Morgan fingerprint density at radius 2 is 1.81 bits per heavy atom. The lowest BCUT2D eigenvalue weighted by Crippen LogP contribution is -2.30. The molecule has 1 fully saturated rings. The van der Waals surface area contributed by atoms with Crippen LogP contribution in [0.3, 0.4) is 0 Å². The summed E-state index contributed by atoms with van der Waals surface area (Å²) >= 11 is 1.87. The van der Waals surface area contributed by atoms with Gasteiger partial charge in [0.25, 0.3) is 0 Å². The van der Waals surface area contributed by atoms with E-state index in [9.17, 15) is 0 Å². The van der Waals surface area contributed by atoms with Crippen LogP contribution in [0.5, 0.6) is 0 Å². The highest BCUT2D eigenvalue weighted by molar-refractivity contribution is 7.99. The van der Waals surface area contributed by atoms with Gasteiger partial charge >= 0.3 is 0 Å². The zero-order valence-electron chi connectivity index (χ0n) is 13.0. The first-order valence-corrected chi connectivity index (χ1v) is 9.70.